The first-order chi connectivity index (χ1) is 10.8. The number of hydrogen-bond acceptors (Lipinski definition) is 2. The van der Waals surface area contributed by atoms with Crippen molar-refractivity contribution in [3.63, 3.8) is 0 Å². The van der Waals surface area contributed by atoms with Crippen molar-refractivity contribution in [1.82, 2.24) is 15.6 Å². The van der Waals surface area contributed by atoms with Crippen LogP contribution < -0.4 is 10.6 Å². The van der Waals surface area contributed by atoms with Crippen LogP contribution in [-0.4, -0.2) is 36.8 Å². The van der Waals surface area contributed by atoms with Gasteiger partial charge >= 0.3 is 6.18 Å². The fraction of sp³-hybridized carbons (Fsp3) is 0.625. The molecule has 0 fully saturated rings. The van der Waals surface area contributed by atoms with Crippen molar-refractivity contribution in [3.05, 3.63) is 30.1 Å². The summed E-state index contributed by atoms with van der Waals surface area (Å²) in [6.07, 6.45) is -1.52. The topological polar surface area (TPSA) is 49.3 Å². The molecule has 0 aliphatic heterocycles. The Kier molecular flexibility index (Phi) is 11.0. The molecule has 0 bridgehead atoms. The molecule has 8 heteroatoms. The molecule has 1 aromatic rings. The molecule has 2 N–H and O–H groups in total. The minimum Gasteiger partial charge on any atom is -0.357 e. The van der Waals surface area contributed by atoms with Crippen LogP contribution in [0.1, 0.15) is 38.7 Å². The number of rotatable bonds is 7. The molecule has 4 nitrogen and oxygen atoms in total. The molecule has 1 rings (SSSR count). The summed E-state index contributed by atoms with van der Waals surface area (Å²) in [7, 11) is 0. The quantitative estimate of drug-likeness (QED) is 0.370. The Balaban J connectivity index is 0.00000529. The normalized spacial score (nSPS) is 13.4. The second kappa shape index (κ2) is 11.5. The zero-order valence-electron chi connectivity index (χ0n) is 14.2. The number of hydrogen-bond donors (Lipinski definition) is 2. The first-order valence-electron chi connectivity index (χ1n) is 7.82. The summed E-state index contributed by atoms with van der Waals surface area (Å²) in [5, 5.41) is 5.70. The van der Waals surface area contributed by atoms with Gasteiger partial charge in [0.15, 0.2) is 5.96 Å². The zero-order valence-corrected chi connectivity index (χ0v) is 16.6. The van der Waals surface area contributed by atoms with Gasteiger partial charge in [0, 0.05) is 37.9 Å². The van der Waals surface area contributed by atoms with Gasteiger partial charge in [-0.3, -0.25) is 9.98 Å². The van der Waals surface area contributed by atoms with Crippen molar-refractivity contribution in [2.45, 2.75) is 39.3 Å². The second-order valence-electron chi connectivity index (χ2n) is 5.65. The Morgan fingerprint density at radius 3 is 2.50 bits per heavy atom. The van der Waals surface area contributed by atoms with E-state index in [9.17, 15) is 13.2 Å². The molecular formula is C16H26F3IN4. The summed E-state index contributed by atoms with van der Waals surface area (Å²) in [5.41, 5.74) is 1.08. The van der Waals surface area contributed by atoms with E-state index in [4.69, 9.17) is 0 Å². The lowest BCUT2D eigenvalue weighted by Crippen LogP contribution is -2.39. The van der Waals surface area contributed by atoms with Gasteiger partial charge in [0.1, 0.15) is 0 Å². The third-order valence-corrected chi connectivity index (χ3v) is 3.41. The summed E-state index contributed by atoms with van der Waals surface area (Å²) in [4.78, 5) is 8.55. The molecule has 0 spiro atoms. The average molecular weight is 458 g/mol. The molecule has 0 saturated carbocycles. The lowest BCUT2D eigenvalue weighted by Gasteiger charge is -2.20. The monoisotopic (exact) mass is 458 g/mol. The number of halogens is 4. The molecule has 0 aliphatic rings. The number of aromatic nitrogens is 1. The number of nitrogens with zero attached hydrogens (tertiary/aromatic N) is 2. The maximum absolute atomic E-state index is 12.2. The van der Waals surface area contributed by atoms with E-state index in [0.717, 1.165) is 5.56 Å². The highest BCUT2D eigenvalue weighted by Crippen LogP contribution is 2.24. The van der Waals surface area contributed by atoms with Crippen molar-refractivity contribution < 1.29 is 13.2 Å². The average Bonchev–Trinajstić information content (AvgIpc) is 2.47. The maximum atomic E-state index is 12.2. The highest BCUT2D eigenvalue weighted by atomic mass is 127. The van der Waals surface area contributed by atoms with Crippen LogP contribution in [0, 0.1) is 5.92 Å². The number of nitrogens with one attached hydrogen (secondary N) is 2. The molecule has 0 aromatic carbocycles. The van der Waals surface area contributed by atoms with Gasteiger partial charge in [0.2, 0.25) is 0 Å². The standard InChI is InChI=1S/C16H25F3N4.HI/c1-4-21-15(22-9-7-16(17,18)19)23-11-14(12(2)3)13-6-5-8-20-10-13;/h5-6,8,10,12,14H,4,7,9,11H2,1-3H3,(H2,21,22,23);1H. The van der Waals surface area contributed by atoms with E-state index in [1.165, 1.54) is 0 Å². The van der Waals surface area contributed by atoms with Crippen LogP contribution in [-0.2, 0) is 0 Å². The third kappa shape index (κ3) is 9.29. The van der Waals surface area contributed by atoms with Crippen molar-refractivity contribution >= 4 is 29.9 Å². The molecule has 24 heavy (non-hydrogen) atoms. The van der Waals surface area contributed by atoms with Gasteiger partial charge in [-0.1, -0.05) is 19.9 Å². The fourth-order valence-corrected chi connectivity index (χ4v) is 2.15. The summed E-state index contributed by atoms with van der Waals surface area (Å²) < 4.78 is 36.7. The molecule has 1 aromatic heterocycles. The van der Waals surface area contributed by atoms with Gasteiger partial charge < -0.3 is 10.6 Å². The minimum atomic E-state index is -4.17. The molecule has 0 radical (unpaired) electrons. The van der Waals surface area contributed by atoms with E-state index in [2.05, 4.69) is 34.5 Å². The lowest BCUT2D eigenvalue weighted by molar-refractivity contribution is -0.132. The Morgan fingerprint density at radius 2 is 2.00 bits per heavy atom. The van der Waals surface area contributed by atoms with Crippen molar-refractivity contribution in [2.24, 2.45) is 10.9 Å². The SMILES string of the molecule is CCNC(=NCC(c1cccnc1)C(C)C)NCCC(F)(F)F.I. The molecule has 0 aliphatic carbocycles. The first-order valence-corrected chi connectivity index (χ1v) is 7.82. The number of pyridine rings is 1. The van der Waals surface area contributed by atoms with Gasteiger partial charge in [-0.2, -0.15) is 13.2 Å². The lowest BCUT2D eigenvalue weighted by atomic mass is 9.89. The molecule has 0 amide bonds. The van der Waals surface area contributed by atoms with E-state index < -0.39 is 12.6 Å². The fourth-order valence-electron chi connectivity index (χ4n) is 2.15. The van der Waals surface area contributed by atoms with E-state index >= 15 is 0 Å². The largest absolute Gasteiger partial charge is 0.390 e. The van der Waals surface area contributed by atoms with Gasteiger partial charge in [-0.15, -0.1) is 24.0 Å². The molecular weight excluding hydrogens is 432 g/mol. The highest BCUT2D eigenvalue weighted by molar-refractivity contribution is 14.0. The Labute approximate surface area is 158 Å². The molecule has 0 saturated heterocycles. The van der Waals surface area contributed by atoms with Gasteiger partial charge in [-0.25, -0.2) is 0 Å². The number of alkyl halides is 3. The minimum absolute atomic E-state index is 0. The van der Waals surface area contributed by atoms with Crippen LogP contribution in [0.5, 0.6) is 0 Å². The Hall–Kier alpha value is -1.06. The molecule has 1 unspecified atom stereocenters. The first kappa shape index (κ1) is 22.9. The third-order valence-electron chi connectivity index (χ3n) is 3.41. The van der Waals surface area contributed by atoms with Crippen LogP contribution in [0.25, 0.3) is 0 Å². The number of guanidine groups is 1. The molecule has 138 valence electrons. The van der Waals surface area contributed by atoms with Gasteiger partial charge in [0.25, 0.3) is 0 Å². The van der Waals surface area contributed by atoms with E-state index in [-0.39, 0.29) is 36.4 Å². The predicted molar refractivity (Wildman–Crippen MR) is 102 cm³/mol. The second-order valence-corrected chi connectivity index (χ2v) is 5.65. The van der Waals surface area contributed by atoms with Crippen molar-refractivity contribution in [1.29, 1.82) is 0 Å². The van der Waals surface area contributed by atoms with E-state index in [0.29, 0.717) is 25.0 Å². The summed E-state index contributed by atoms with van der Waals surface area (Å²) in [6.45, 7) is 6.97. The van der Waals surface area contributed by atoms with Crippen LogP contribution in [0.3, 0.4) is 0 Å². The van der Waals surface area contributed by atoms with Gasteiger partial charge in [-0.05, 0) is 24.5 Å². The predicted octanol–water partition coefficient (Wildman–Crippen LogP) is 3.95. The highest BCUT2D eigenvalue weighted by Gasteiger charge is 2.26. The summed E-state index contributed by atoms with van der Waals surface area (Å²) >= 11 is 0. The molecule has 1 heterocycles. The van der Waals surface area contributed by atoms with Crippen LogP contribution in [0.4, 0.5) is 13.2 Å². The maximum Gasteiger partial charge on any atom is 0.390 e. The summed E-state index contributed by atoms with van der Waals surface area (Å²) in [5.74, 6) is 0.925. The van der Waals surface area contributed by atoms with E-state index in [1.807, 2.05) is 25.3 Å². The molecule has 1 atom stereocenters. The summed E-state index contributed by atoms with van der Waals surface area (Å²) in [6, 6.07) is 3.87. The Morgan fingerprint density at radius 1 is 1.29 bits per heavy atom. The zero-order chi connectivity index (χ0) is 17.3. The van der Waals surface area contributed by atoms with Crippen molar-refractivity contribution in [2.75, 3.05) is 19.6 Å². The van der Waals surface area contributed by atoms with Crippen molar-refractivity contribution in [3.8, 4) is 0 Å². The smallest absolute Gasteiger partial charge is 0.357 e. The van der Waals surface area contributed by atoms with E-state index in [1.54, 1.807) is 6.20 Å². The van der Waals surface area contributed by atoms with Crippen LogP contribution >= 0.6 is 24.0 Å². The van der Waals surface area contributed by atoms with Gasteiger partial charge in [0.05, 0.1) is 6.42 Å². The van der Waals surface area contributed by atoms with Crippen LogP contribution in [0.15, 0.2) is 29.5 Å². The van der Waals surface area contributed by atoms with Crippen LogP contribution in [0.2, 0.25) is 0 Å². The number of aliphatic imine (C=N–C) groups is 1. The Bertz CT molecular complexity index is 478.